The van der Waals surface area contributed by atoms with Crippen LogP contribution in [-0.2, 0) is 11.3 Å². The van der Waals surface area contributed by atoms with Crippen LogP contribution in [0.5, 0.6) is 5.75 Å². The number of carboxylic acid groups (broad SMARTS) is 1. The van der Waals surface area contributed by atoms with E-state index in [1.165, 1.54) is 0 Å². The molecule has 0 radical (unpaired) electrons. The van der Waals surface area contributed by atoms with Crippen LogP contribution >= 0.6 is 0 Å². The number of hydrogen-bond acceptors (Lipinski definition) is 5. The van der Waals surface area contributed by atoms with E-state index in [0.29, 0.717) is 49.0 Å². The number of carbonyl (C=O) groups is 2. The summed E-state index contributed by atoms with van der Waals surface area (Å²) in [5, 5.41) is 9.94. The smallest absolute Gasteiger partial charge is 0.337 e. The quantitative estimate of drug-likeness (QED) is 0.589. The lowest BCUT2D eigenvalue weighted by molar-refractivity contribution is 0.0696. The molecule has 3 aromatic rings. The Kier molecular flexibility index (Phi) is 6.90. The molecule has 33 heavy (non-hydrogen) atoms. The number of anilines is 2. The first kappa shape index (κ1) is 22.4. The first-order chi connectivity index (χ1) is 16.1. The molecule has 3 aromatic carbocycles. The highest BCUT2D eigenvalue weighted by molar-refractivity contribution is 6.07. The molecule has 0 aliphatic carbocycles. The van der Waals surface area contributed by atoms with Gasteiger partial charge in [0.25, 0.3) is 5.91 Å². The van der Waals surface area contributed by atoms with Crippen LogP contribution in [0.2, 0.25) is 0 Å². The van der Waals surface area contributed by atoms with Crippen LogP contribution in [0.1, 0.15) is 26.3 Å². The van der Waals surface area contributed by atoms with Gasteiger partial charge in [0.2, 0.25) is 0 Å². The van der Waals surface area contributed by atoms with Gasteiger partial charge in [0.15, 0.2) is 0 Å². The van der Waals surface area contributed by atoms with Crippen molar-refractivity contribution >= 4 is 23.3 Å². The third-order valence-electron chi connectivity index (χ3n) is 5.61. The van der Waals surface area contributed by atoms with Crippen molar-refractivity contribution in [2.45, 2.75) is 6.54 Å². The number of carboxylic acids is 1. The van der Waals surface area contributed by atoms with Gasteiger partial charge in [-0.2, -0.15) is 0 Å². The third-order valence-corrected chi connectivity index (χ3v) is 5.61. The van der Waals surface area contributed by atoms with Gasteiger partial charge < -0.3 is 24.4 Å². The average Bonchev–Trinajstić information content (AvgIpc) is 2.87. The van der Waals surface area contributed by atoms with E-state index in [2.05, 4.69) is 0 Å². The Morgan fingerprint density at radius 2 is 1.76 bits per heavy atom. The summed E-state index contributed by atoms with van der Waals surface area (Å²) in [6, 6.07) is 21.6. The number of nitrogens with zero attached hydrogens (tertiary/aromatic N) is 2. The van der Waals surface area contributed by atoms with Crippen LogP contribution in [0.3, 0.4) is 0 Å². The van der Waals surface area contributed by atoms with Crippen LogP contribution in [0.15, 0.2) is 72.8 Å². The second-order valence-corrected chi connectivity index (χ2v) is 7.71. The van der Waals surface area contributed by atoms with Gasteiger partial charge >= 0.3 is 5.97 Å². The van der Waals surface area contributed by atoms with Gasteiger partial charge in [-0.1, -0.05) is 30.3 Å². The minimum atomic E-state index is -1.04. The maximum atomic E-state index is 13.5. The lowest BCUT2D eigenvalue weighted by Crippen LogP contribution is -2.37. The number of carbonyl (C=O) groups excluding carboxylic acids is 1. The summed E-state index contributed by atoms with van der Waals surface area (Å²) in [6.07, 6.45) is 0. The van der Waals surface area contributed by atoms with Crippen molar-refractivity contribution in [3.8, 4) is 5.75 Å². The summed E-state index contributed by atoms with van der Waals surface area (Å²) in [5.41, 5.74) is 2.69. The number of rotatable bonds is 7. The first-order valence-corrected chi connectivity index (χ1v) is 10.8. The van der Waals surface area contributed by atoms with Crippen molar-refractivity contribution in [3.63, 3.8) is 0 Å². The van der Waals surface area contributed by atoms with Crippen molar-refractivity contribution in [3.05, 3.63) is 89.5 Å². The lowest BCUT2D eigenvalue weighted by Gasteiger charge is -2.31. The Hall–Kier alpha value is -3.84. The van der Waals surface area contributed by atoms with E-state index in [-0.39, 0.29) is 18.0 Å². The van der Waals surface area contributed by atoms with Gasteiger partial charge in [-0.05, 0) is 48.0 Å². The summed E-state index contributed by atoms with van der Waals surface area (Å²) < 4.78 is 10.7. The standard InChI is InChI=1S/C26H26N2O5/c1-32-22-9-5-6-19(16-22)18-28(25(29)20-7-3-2-4-8-20)21-10-11-24(23(17-21)26(30)31)27-12-14-33-15-13-27/h2-11,16-17H,12-15,18H2,1H3,(H,30,31). The predicted octanol–water partition coefficient (Wildman–Crippen LogP) is 4.08. The van der Waals surface area contributed by atoms with Crippen LogP contribution in [-0.4, -0.2) is 50.4 Å². The van der Waals surface area contributed by atoms with Gasteiger partial charge in [0.05, 0.1) is 38.1 Å². The molecule has 0 spiro atoms. The molecule has 4 rings (SSSR count). The molecular formula is C26H26N2O5. The summed E-state index contributed by atoms with van der Waals surface area (Å²) >= 11 is 0. The number of morpholine rings is 1. The first-order valence-electron chi connectivity index (χ1n) is 10.8. The summed E-state index contributed by atoms with van der Waals surface area (Å²) in [7, 11) is 1.59. The minimum Gasteiger partial charge on any atom is -0.497 e. The van der Waals surface area contributed by atoms with Crippen molar-refractivity contribution in [2.75, 3.05) is 43.2 Å². The number of methoxy groups -OCH3 is 1. The fourth-order valence-electron chi connectivity index (χ4n) is 3.91. The molecule has 170 valence electrons. The highest BCUT2D eigenvalue weighted by Gasteiger charge is 2.23. The molecule has 0 bridgehead atoms. The molecule has 1 aliphatic rings. The molecule has 0 unspecified atom stereocenters. The fraction of sp³-hybridized carbons (Fsp3) is 0.231. The summed E-state index contributed by atoms with van der Waals surface area (Å²) in [6.45, 7) is 2.61. The normalized spacial score (nSPS) is 13.4. The van der Waals surface area contributed by atoms with E-state index >= 15 is 0 Å². The zero-order valence-electron chi connectivity index (χ0n) is 18.4. The molecule has 1 saturated heterocycles. The lowest BCUT2D eigenvalue weighted by atomic mass is 10.1. The Morgan fingerprint density at radius 1 is 1.00 bits per heavy atom. The number of ether oxygens (including phenoxy) is 2. The molecule has 7 heteroatoms. The summed E-state index contributed by atoms with van der Waals surface area (Å²) in [4.78, 5) is 29.2. The highest BCUT2D eigenvalue weighted by Crippen LogP contribution is 2.29. The molecule has 1 N–H and O–H groups in total. The second-order valence-electron chi connectivity index (χ2n) is 7.71. The topological polar surface area (TPSA) is 79.3 Å². The molecule has 7 nitrogen and oxygen atoms in total. The van der Waals surface area contributed by atoms with Gasteiger partial charge in [0, 0.05) is 24.3 Å². The Balaban J connectivity index is 1.74. The highest BCUT2D eigenvalue weighted by atomic mass is 16.5. The van der Waals surface area contributed by atoms with Crippen LogP contribution in [0.4, 0.5) is 11.4 Å². The number of hydrogen-bond donors (Lipinski definition) is 1. The van der Waals surface area contributed by atoms with E-state index in [1.807, 2.05) is 35.2 Å². The SMILES string of the molecule is COc1cccc(CN(C(=O)c2ccccc2)c2ccc(N3CCOCC3)c(C(=O)O)c2)c1. The molecule has 1 aliphatic heterocycles. The van der Waals surface area contributed by atoms with Crippen LogP contribution in [0.25, 0.3) is 0 Å². The van der Waals surface area contributed by atoms with E-state index in [4.69, 9.17) is 9.47 Å². The Morgan fingerprint density at radius 3 is 2.45 bits per heavy atom. The van der Waals surface area contributed by atoms with Crippen molar-refractivity contribution < 1.29 is 24.2 Å². The van der Waals surface area contributed by atoms with Crippen LogP contribution in [0, 0.1) is 0 Å². The average molecular weight is 447 g/mol. The maximum absolute atomic E-state index is 13.5. The molecule has 0 atom stereocenters. The predicted molar refractivity (Wildman–Crippen MR) is 126 cm³/mol. The number of aromatic carboxylic acids is 1. The van der Waals surface area contributed by atoms with E-state index in [1.54, 1.807) is 54.5 Å². The van der Waals surface area contributed by atoms with E-state index in [9.17, 15) is 14.7 Å². The second kappa shape index (κ2) is 10.2. The third kappa shape index (κ3) is 5.15. The minimum absolute atomic E-state index is 0.158. The maximum Gasteiger partial charge on any atom is 0.337 e. The monoisotopic (exact) mass is 446 g/mol. The van der Waals surface area contributed by atoms with Crippen LogP contribution < -0.4 is 14.5 Å². The number of amides is 1. The fourth-order valence-corrected chi connectivity index (χ4v) is 3.91. The Bertz CT molecular complexity index is 1130. The molecule has 1 heterocycles. The summed E-state index contributed by atoms with van der Waals surface area (Å²) in [5.74, 6) is -0.561. The van der Waals surface area contributed by atoms with Gasteiger partial charge in [-0.3, -0.25) is 4.79 Å². The molecule has 1 fully saturated rings. The number of benzene rings is 3. The van der Waals surface area contributed by atoms with E-state index < -0.39 is 5.97 Å². The molecular weight excluding hydrogens is 420 g/mol. The van der Waals surface area contributed by atoms with Crippen molar-refractivity contribution in [1.29, 1.82) is 0 Å². The van der Waals surface area contributed by atoms with Crippen molar-refractivity contribution in [1.82, 2.24) is 0 Å². The largest absolute Gasteiger partial charge is 0.497 e. The van der Waals surface area contributed by atoms with Gasteiger partial charge in [-0.15, -0.1) is 0 Å². The zero-order valence-corrected chi connectivity index (χ0v) is 18.4. The molecule has 0 aromatic heterocycles. The van der Waals surface area contributed by atoms with E-state index in [0.717, 1.165) is 5.56 Å². The Labute approximate surface area is 192 Å². The molecule has 1 amide bonds. The molecule has 0 saturated carbocycles. The van der Waals surface area contributed by atoms with Gasteiger partial charge in [-0.25, -0.2) is 4.79 Å². The zero-order chi connectivity index (χ0) is 23.2. The van der Waals surface area contributed by atoms with Gasteiger partial charge in [0.1, 0.15) is 5.75 Å². The van der Waals surface area contributed by atoms with Crippen molar-refractivity contribution in [2.24, 2.45) is 0 Å².